The van der Waals surface area contributed by atoms with Gasteiger partial charge in [-0.1, -0.05) is 18.2 Å². The molecule has 0 radical (unpaired) electrons. The van der Waals surface area contributed by atoms with Crippen molar-refractivity contribution in [2.75, 3.05) is 6.54 Å². The van der Waals surface area contributed by atoms with Crippen molar-refractivity contribution in [3.8, 4) is 17.3 Å². The number of hydrogen-bond acceptors (Lipinski definition) is 3. The minimum Gasteiger partial charge on any atom is -0.465 e. The van der Waals surface area contributed by atoms with E-state index < -0.39 is 17.7 Å². The summed E-state index contributed by atoms with van der Waals surface area (Å²) in [4.78, 5) is 12.8. The van der Waals surface area contributed by atoms with Gasteiger partial charge in [0.1, 0.15) is 11.6 Å². The van der Waals surface area contributed by atoms with Crippen molar-refractivity contribution < 1.29 is 18.7 Å². The van der Waals surface area contributed by atoms with Crippen molar-refractivity contribution in [2.24, 2.45) is 0 Å². The number of fused-ring (bicyclic) bond motifs is 1. The number of amides is 1. The van der Waals surface area contributed by atoms with Gasteiger partial charge in [-0.2, -0.15) is 10.4 Å². The van der Waals surface area contributed by atoms with E-state index in [2.05, 4.69) is 11.2 Å². The van der Waals surface area contributed by atoms with Gasteiger partial charge in [-0.05, 0) is 18.2 Å². The van der Waals surface area contributed by atoms with Crippen LogP contribution in [0.3, 0.4) is 0 Å². The fraction of sp³-hybridized carbons (Fsp3) is 0.190. The SMILES string of the molecule is N#Cc1cccc(-c2nn(Cc3ccc(F)cc3F)c3c2CN(C(=O)O)CC3)c1. The standard InChI is InChI=1S/C21H16F2N4O2/c22-16-5-4-15(18(23)9-16)11-27-19-6-7-26(21(28)29)12-17(19)20(25-27)14-3-1-2-13(8-14)10-24/h1-5,8-9H,6-7,11-12H2,(H,28,29). The molecule has 0 unspecified atom stereocenters. The molecule has 0 fully saturated rings. The molecule has 0 saturated carbocycles. The molecule has 1 N–H and O–H groups in total. The molecule has 0 bridgehead atoms. The summed E-state index contributed by atoms with van der Waals surface area (Å²) in [6, 6.07) is 12.4. The number of hydrogen-bond donors (Lipinski definition) is 1. The monoisotopic (exact) mass is 394 g/mol. The van der Waals surface area contributed by atoms with Crippen LogP contribution in [0.1, 0.15) is 22.4 Å². The highest BCUT2D eigenvalue weighted by Gasteiger charge is 2.28. The third kappa shape index (κ3) is 3.55. The number of carboxylic acid groups (broad SMARTS) is 1. The average Bonchev–Trinajstić information content (AvgIpc) is 3.08. The second kappa shape index (κ2) is 7.36. The molecule has 146 valence electrons. The van der Waals surface area contributed by atoms with E-state index in [1.165, 1.54) is 17.0 Å². The van der Waals surface area contributed by atoms with Crippen LogP contribution in [0.5, 0.6) is 0 Å². The first-order valence-corrected chi connectivity index (χ1v) is 8.97. The zero-order valence-electron chi connectivity index (χ0n) is 15.3. The summed E-state index contributed by atoms with van der Waals surface area (Å²) in [5.74, 6) is -1.31. The Bertz CT molecular complexity index is 1150. The summed E-state index contributed by atoms with van der Waals surface area (Å²) >= 11 is 0. The van der Waals surface area contributed by atoms with Crippen molar-refractivity contribution in [1.29, 1.82) is 5.26 Å². The summed E-state index contributed by atoms with van der Waals surface area (Å²) in [5.41, 5.74) is 3.53. The Morgan fingerprint density at radius 2 is 2.07 bits per heavy atom. The zero-order chi connectivity index (χ0) is 20.5. The van der Waals surface area contributed by atoms with Gasteiger partial charge >= 0.3 is 6.09 Å². The molecule has 0 saturated heterocycles. The number of halogens is 2. The van der Waals surface area contributed by atoms with Crippen LogP contribution in [0.2, 0.25) is 0 Å². The molecule has 1 amide bonds. The summed E-state index contributed by atoms with van der Waals surface area (Å²) < 4.78 is 29.0. The molecule has 29 heavy (non-hydrogen) atoms. The van der Waals surface area contributed by atoms with Crippen LogP contribution in [-0.4, -0.2) is 32.4 Å². The van der Waals surface area contributed by atoms with Crippen LogP contribution in [0.15, 0.2) is 42.5 Å². The van der Waals surface area contributed by atoms with Gasteiger partial charge in [0, 0.05) is 41.4 Å². The predicted octanol–water partition coefficient (Wildman–Crippen LogP) is 3.78. The van der Waals surface area contributed by atoms with E-state index in [9.17, 15) is 23.9 Å². The first-order valence-electron chi connectivity index (χ1n) is 8.97. The maximum Gasteiger partial charge on any atom is 0.407 e. The summed E-state index contributed by atoms with van der Waals surface area (Å²) in [7, 11) is 0. The van der Waals surface area contributed by atoms with Crippen molar-refractivity contribution in [1.82, 2.24) is 14.7 Å². The number of nitrogens with zero attached hydrogens (tertiary/aromatic N) is 4. The lowest BCUT2D eigenvalue weighted by Gasteiger charge is -2.25. The highest BCUT2D eigenvalue weighted by molar-refractivity contribution is 5.69. The number of aromatic nitrogens is 2. The van der Waals surface area contributed by atoms with Crippen LogP contribution in [0.25, 0.3) is 11.3 Å². The molecule has 2 heterocycles. The van der Waals surface area contributed by atoms with Gasteiger partial charge < -0.3 is 10.0 Å². The topological polar surface area (TPSA) is 82.2 Å². The Hall–Kier alpha value is -3.73. The molecule has 4 rings (SSSR count). The van der Waals surface area contributed by atoms with Gasteiger partial charge in [0.15, 0.2) is 0 Å². The maximum atomic E-state index is 14.2. The first kappa shape index (κ1) is 18.6. The largest absolute Gasteiger partial charge is 0.465 e. The summed E-state index contributed by atoms with van der Waals surface area (Å²) in [6.07, 6.45) is -0.597. The Morgan fingerprint density at radius 3 is 2.79 bits per heavy atom. The van der Waals surface area contributed by atoms with Gasteiger partial charge in [0.25, 0.3) is 0 Å². The van der Waals surface area contributed by atoms with E-state index in [4.69, 9.17) is 0 Å². The number of rotatable bonds is 3. The minimum atomic E-state index is -1.02. The van der Waals surface area contributed by atoms with Crippen molar-refractivity contribution >= 4 is 6.09 Å². The van der Waals surface area contributed by atoms with Crippen LogP contribution >= 0.6 is 0 Å². The molecule has 0 spiro atoms. The average molecular weight is 394 g/mol. The minimum absolute atomic E-state index is 0.0967. The third-order valence-corrected chi connectivity index (χ3v) is 5.00. The molecular formula is C21H16F2N4O2. The molecule has 6 nitrogen and oxygen atoms in total. The highest BCUT2D eigenvalue weighted by atomic mass is 19.1. The van der Waals surface area contributed by atoms with Crippen molar-refractivity contribution in [3.63, 3.8) is 0 Å². The Morgan fingerprint density at radius 1 is 1.24 bits per heavy atom. The quantitative estimate of drug-likeness (QED) is 0.733. The van der Waals surface area contributed by atoms with Crippen LogP contribution < -0.4 is 0 Å². The lowest BCUT2D eigenvalue weighted by molar-refractivity contribution is 0.139. The van der Waals surface area contributed by atoms with Crippen molar-refractivity contribution in [3.05, 3.63) is 76.5 Å². The lowest BCUT2D eigenvalue weighted by atomic mass is 10.00. The zero-order valence-corrected chi connectivity index (χ0v) is 15.3. The van der Waals surface area contributed by atoms with E-state index in [1.807, 2.05) is 0 Å². The Balaban J connectivity index is 1.81. The normalized spacial score (nSPS) is 13.1. The molecule has 1 aliphatic rings. The molecule has 8 heteroatoms. The summed E-state index contributed by atoms with van der Waals surface area (Å²) in [5, 5.41) is 23.2. The molecule has 1 aliphatic heterocycles. The van der Waals surface area contributed by atoms with Crippen LogP contribution in [-0.2, 0) is 19.5 Å². The molecule has 2 aromatic carbocycles. The first-order chi connectivity index (χ1) is 14.0. The van der Waals surface area contributed by atoms with E-state index in [0.29, 0.717) is 29.8 Å². The molecule has 0 atom stereocenters. The smallest absolute Gasteiger partial charge is 0.407 e. The van der Waals surface area contributed by atoms with E-state index in [-0.39, 0.29) is 18.7 Å². The third-order valence-electron chi connectivity index (χ3n) is 5.00. The van der Waals surface area contributed by atoms with E-state index in [1.54, 1.807) is 28.9 Å². The van der Waals surface area contributed by atoms with Gasteiger partial charge in [0.2, 0.25) is 0 Å². The van der Waals surface area contributed by atoms with E-state index >= 15 is 0 Å². The van der Waals surface area contributed by atoms with Gasteiger partial charge in [-0.15, -0.1) is 0 Å². The van der Waals surface area contributed by atoms with E-state index in [0.717, 1.165) is 17.3 Å². The summed E-state index contributed by atoms with van der Waals surface area (Å²) in [6.45, 7) is 0.555. The fourth-order valence-corrected chi connectivity index (χ4v) is 3.56. The molecule has 1 aromatic heterocycles. The Labute approximate surface area is 165 Å². The Kier molecular flexibility index (Phi) is 4.72. The highest BCUT2D eigenvalue weighted by Crippen LogP contribution is 2.31. The fourth-order valence-electron chi connectivity index (χ4n) is 3.56. The van der Waals surface area contributed by atoms with Crippen LogP contribution in [0, 0.1) is 23.0 Å². The molecule has 0 aliphatic carbocycles. The number of benzene rings is 2. The van der Waals surface area contributed by atoms with Gasteiger partial charge in [-0.3, -0.25) is 4.68 Å². The lowest BCUT2D eigenvalue weighted by Crippen LogP contribution is -2.35. The van der Waals surface area contributed by atoms with Crippen molar-refractivity contribution in [2.45, 2.75) is 19.5 Å². The van der Waals surface area contributed by atoms with Gasteiger partial charge in [0.05, 0.1) is 30.4 Å². The van der Waals surface area contributed by atoms with Gasteiger partial charge in [-0.25, -0.2) is 13.6 Å². The molecular weight excluding hydrogens is 378 g/mol. The number of nitriles is 1. The predicted molar refractivity (Wildman–Crippen MR) is 100.0 cm³/mol. The van der Waals surface area contributed by atoms with Crippen LogP contribution in [0.4, 0.5) is 13.6 Å². The second-order valence-electron chi connectivity index (χ2n) is 6.81. The number of carbonyl (C=O) groups is 1. The molecule has 3 aromatic rings. The second-order valence-corrected chi connectivity index (χ2v) is 6.81. The maximum absolute atomic E-state index is 14.2.